The van der Waals surface area contributed by atoms with Crippen molar-refractivity contribution in [2.75, 3.05) is 26.4 Å². The molecular weight excluding hydrogens is 1160 g/mol. The molecule has 0 aliphatic carbocycles. The number of carbonyl (C=O) groups is 13. The monoisotopic (exact) mass is 1240 g/mol. The summed E-state index contributed by atoms with van der Waals surface area (Å²) >= 11 is 0. The van der Waals surface area contributed by atoms with Gasteiger partial charge in [0.05, 0.1) is 0 Å². The van der Waals surface area contributed by atoms with E-state index in [1.807, 2.05) is 0 Å². The maximum absolute atomic E-state index is 13.3. The fourth-order valence-corrected chi connectivity index (χ4v) is 9.52. The van der Waals surface area contributed by atoms with Gasteiger partial charge in [-0.3, -0.25) is 62.3 Å². The van der Waals surface area contributed by atoms with Gasteiger partial charge in [-0.25, -0.2) is 0 Å². The van der Waals surface area contributed by atoms with Crippen molar-refractivity contribution in [3.63, 3.8) is 0 Å². The zero-order valence-electron chi connectivity index (χ0n) is 49.3. The van der Waals surface area contributed by atoms with Crippen LogP contribution in [0.15, 0.2) is 12.7 Å². The van der Waals surface area contributed by atoms with Crippen molar-refractivity contribution in [2.24, 2.45) is 0 Å². The van der Waals surface area contributed by atoms with E-state index in [0.717, 1.165) is 90.0 Å². The third kappa shape index (κ3) is 21.2. The van der Waals surface area contributed by atoms with Crippen LogP contribution in [0.25, 0.3) is 0 Å². The van der Waals surface area contributed by atoms with Crippen molar-refractivity contribution in [3.05, 3.63) is 12.7 Å². The molecule has 0 aromatic rings. The van der Waals surface area contributed by atoms with Crippen LogP contribution in [-0.2, 0) is 157 Å². The lowest BCUT2D eigenvalue weighted by atomic mass is 9.92. The van der Waals surface area contributed by atoms with Crippen molar-refractivity contribution in [2.45, 2.75) is 219 Å². The molecule has 0 aromatic carbocycles. The van der Waals surface area contributed by atoms with Crippen LogP contribution < -0.4 is 0 Å². The molecule has 0 unspecified atom stereocenters. The number of carbonyl (C=O) groups excluding carboxylic acids is 13. The predicted molar refractivity (Wildman–Crippen MR) is 271 cm³/mol. The third-order valence-electron chi connectivity index (χ3n) is 12.3. The highest BCUT2D eigenvalue weighted by Crippen LogP contribution is 2.40. The Bertz CT molecular complexity index is 2480. The molecule has 33 heteroatoms. The average Bonchev–Trinajstić information content (AvgIpc) is 0.932. The molecule has 20 atom stereocenters. The summed E-state index contributed by atoms with van der Waals surface area (Å²) in [6.45, 7) is 13.2. The van der Waals surface area contributed by atoms with Crippen molar-refractivity contribution < 1.29 is 157 Å². The minimum absolute atomic E-state index is 0.0482. The van der Waals surface area contributed by atoms with Gasteiger partial charge in [0, 0.05) is 90.0 Å². The minimum atomic E-state index is -2.19. The summed E-state index contributed by atoms with van der Waals surface area (Å²) in [5, 5.41) is 0. The average molecular weight is 1240 g/mol. The molecule has 4 fully saturated rings. The second-order valence-electron chi connectivity index (χ2n) is 19.5. The van der Waals surface area contributed by atoms with Gasteiger partial charge in [-0.15, -0.1) is 6.58 Å². The summed E-state index contributed by atoms with van der Waals surface area (Å²) < 4.78 is 117. The van der Waals surface area contributed by atoms with Crippen LogP contribution in [0, 0.1) is 0 Å². The maximum atomic E-state index is 13.3. The summed E-state index contributed by atoms with van der Waals surface area (Å²) in [5.41, 5.74) is 0. The summed E-state index contributed by atoms with van der Waals surface area (Å²) in [7, 11) is 0. The van der Waals surface area contributed by atoms with Gasteiger partial charge >= 0.3 is 77.6 Å². The predicted octanol–water partition coefficient (Wildman–Crippen LogP) is -0.702. The zero-order chi connectivity index (χ0) is 64.4. The summed E-state index contributed by atoms with van der Waals surface area (Å²) in [5.74, 6) is -13.0. The first kappa shape index (κ1) is 71.1. The van der Waals surface area contributed by atoms with E-state index >= 15 is 0 Å². The second-order valence-corrected chi connectivity index (χ2v) is 19.5. The lowest BCUT2D eigenvalue weighted by Crippen LogP contribution is -2.69. The molecule has 0 radical (unpaired) electrons. The van der Waals surface area contributed by atoms with Gasteiger partial charge in [-0.05, 0) is 6.42 Å². The molecule has 0 saturated carbocycles. The Balaban J connectivity index is 1.98. The summed E-state index contributed by atoms with van der Waals surface area (Å²) in [4.78, 5) is 166. The molecule has 0 spiro atoms. The molecule has 4 aliphatic rings. The Kier molecular flexibility index (Phi) is 27.2. The Morgan fingerprint density at radius 1 is 0.267 bits per heavy atom. The van der Waals surface area contributed by atoms with E-state index in [2.05, 4.69) is 6.58 Å². The summed E-state index contributed by atoms with van der Waals surface area (Å²) in [6.07, 6.45) is -35.5. The van der Waals surface area contributed by atoms with Crippen LogP contribution in [-0.4, -0.2) is 227 Å². The molecule has 0 amide bonds. The fraction of sp³-hybridized carbons (Fsp3) is 0.717. The highest BCUT2D eigenvalue weighted by molar-refractivity contribution is 5.71. The molecule has 86 heavy (non-hydrogen) atoms. The normalized spacial score (nSPS) is 32.2. The maximum Gasteiger partial charge on any atom is 0.303 e. The molecule has 482 valence electrons. The van der Waals surface area contributed by atoms with Crippen LogP contribution >= 0.6 is 0 Å². The molecule has 0 N–H and O–H groups in total. The molecule has 4 aliphatic heterocycles. The first-order chi connectivity index (χ1) is 40.3. The molecule has 4 saturated heterocycles. The van der Waals surface area contributed by atoms with E-state index in [4.69, 9.17) is 94.7 Å². The van der Waals surface area contributed by atoms with E-state index in [-0.39, 0.29) is 6.42 Å². The number of esters is 13. The van der Waals surface area contributed by atoms with Gasteiger partial charge in [0.25, 0.3) is 0 Å². The lowest BCUT2D eigenvalue weighted by molar-refractivity contribution is -0.385. The fourth-order valence-electron chi connectivity index (χ4n) is 9.52. The van der Waals surface area contributed by atoms with Crippen LogP contribution in [0.2, 0.25) is 0 Å². The standard InChI is InChI=1S/C53H72O33/c1-15-16-34-39(71-25(6)58)44(73-27(8)60)41(35(80-34)17-67-21(2)54)84-52-49(78-32(13)65)46(75-29(10)62)43(37(82-52)19-69-23(4)56)86-53-50(79-33(14)66)47(76-30(11)63)42(38(83-53)20-70-24(5)57)85-51-48(77-31(12)64)45(74-28(9)61)40(72-26(7)59)36(81-51)18-68-22(3)55/h15,34-53H,1,16-20H2,2-14H3/t34-,35+,36+,37+,38+,39-,40+,41+,42+,43+,44+,45-,46-,47-,48+,49+,50+,51-,52-,53-/m0/s1. The van der Waals surface area contributed by atoms with E-state index in [1.54, 1.807) is 0 Å². The Hall–Kier alpha value is -7.43. The van der Waals surface area contributed by atoms with E-state index in [9.17, 15) is 62.3 Å². The van der Waals surface area contributed by atoms with Crippen LogP contribution in [0.3, 0.4) is 0 Å². The Morgan fingerprint density at radius 2 is 0.465 bits per heavy atom. The zero-order valence-corrected chi connectivity index (χ0v) is 49.3. The summed E-state index contributed by atoms with van der Waals surface area (Å²) in [6, 6.07) is 0. The third-order valence-corrected chi connectivity index (χ3v) is 12.3. The first-order valence-corrected chi connectivity index (χ1v) is 26.6. The van der Waals surface area contributed by atoms with Crippen molar-refractivity contribution >= 4 is 77.6 Å². The lowest BCUT2D eigenvalue weighted by Gasteiger charge is -2.51. The van der Waals surface area contributed by atoms with Gasteiger partial charge < -0.3 is 94.7 Å². The van der Waals surface area contributed by atoms with Gasteiger partial charge in [0.2, 0.25) is 0 Å². The molecule has 0 aromatic heterocycles. The highest BCUT2D eigenvalue weighted by Gasteiger charge is 2.61. The van der Waals surface area contributed by atoms with Gasteiger partial charge in [0.1, 0.15) is 75.3 Å². The van der Waals surface area contributed by atoms with Crippen molar-refractivity contribution in [1.82, 2.24) is 0 Å². The van der Waals surface area contributed by atoms with Crippen molar-refractivity contribution in [3.8, 4) is 0 Å². The molecule has 4 heterocycles. The largest absolute Gasteiger partial charge is 0.463 e. The van der Waals surface area contributed by atoms with Crippen LogP contribution in [0.4, 0.5) is 0 Å². The molecule has 33 nitrogen and oxygen atoms in total. The number of hydrogen-bond donors (Lipinski definition) is 0. The molecular formula is C53H72O33. The SMILES string of the molecule is C=CC[C@@H]1O[C@H](COC(C)=O)[C@@H](O[C@@H]2O[C@H](COC(C)=O)[C@@H](O[C@@H]3O[C@H](COC(C)=O)[C@@H](O[C@@H]4O[C@H](COC(C)=O)[C@@H](OC(C)=O)[C@H](OC(C)=O)[C@H]4OC(C)=O)[C@H](OC(C)=O)[C@H]3OC(C)=O)[C@H](OC(C)=O)[C@H]2OC(C)=O)[C@H](OC(C)=O)[C@H]1OC(C)=O. The second kappa shape index (κ2) is 32.9. The highest BCUT2D eigenvalue weighted by atomic mass is 16.8. The van der Waals surface area contributed by atoms with Gasteiger partial charge in [-0.1, -0.05) is 6.08 Å². The van der Waals surface area contributed by atoms with E-state index < -0.39 is 227 Å². The smallest absolute Gasteiger partial charge is 0.303 e. The van der Waals surface area contributed by atoms with Crippen LogP contribution in [0.5, 0.6) is 0 Å². The van der Waals surface area contributed by atoms with Crippen molar-refractivity contribution in [1.29, 1.82) is 0 Å². The topological polar surface area (TPSA) is 407 Å². The Morgan fingerprint density at radius 3 is 0.709 bits per heavy atom. The van der Waals surface area contributed by atoms with E-state index in [1.165, 1.54) is 6.08 Å². The van der Waals surface area contributed by atoms with E-state index in [0.29, 0.717) is 0 Å². The first-order valence-electron chi connectivity index (χ1n) is 26.6. The van der Waals surface area contributed by atoms with Gasteiger partial charge in [-0.2, -0.15) is 0 Å². The Labute approximate surface area is 491 Å². The number of hydrogen-bond acceptors (Lipinski definition) is 33. The number of rotatable bonds is 25. The minimum Gasteiger partial charge on any atom is -0.463 e. The van der Waals surface area contributed by atoms with Gasteiger partial charge in [0.15, 0.2) is 73.8 Å². The van der Waals surface area contributed by atoms with Crippen LogP contribution in [0.1, 0.15) is 96.4 Å². The molecule has 0 bridgehead atoms. The molecule has 4 rings (SSSR count). The quantitative estimate of drug-likeness (QED) is 0.0619. The number of ether oxygens (including phenoxy) is 20.